The van der Waals surface area contributed by atoms with Gasteiger partial charge >= 0.3 is 0 Å². The third kappa shape index (κ3) is 4.03. The molecule has 0 aromatic heterocycles. The molecule has 3 N–H and O–H groups in total. The summed E-state index contributed by atoms with van der Waals surface area (Å²) in [4.78, 5) is 14.6. The van der Waals surface area contributed by atoms with E-state index in [1.807, 2.05) is 33.2 Å². The van der Waals surface area contributed by atoms with Crippen LogP contribution in [0.3, 0.4) is 0 Å². The van der Waals surface area contributed by atoms with Crippen LogP contribution < -0.4 is 11.1 Å². The standard InChI is InChI=1S/C16H25N3O2/c1-12-4-5-13(11-19(2)3)10-14(12)18-15(20)16(17)6-8-21-9-7-16/h4-5,10H,6-9,11,17H2,1-3H3,(H,18,20). The van der Waals surface area contributed by atoms with Crippen molar-refractivity contribution in [2.24, 2.45) is 5.73 Å². The molecule has 1 fully saturated rings. The van der Waals surface area contributed by atoms with E-state index in [0.717, 1.165) is 17.8 Å². The van der Waals surface area contributed by atoms with Gasteiger partial charge in [-0.3, -0.25) is 4.79 Å². The van der Waals surface area contributed by atoms with Crippen LogP contribution in [-0.4, -0.2) is 43.7 Å². The Morgan fingerprint density at radius 2 is 2.05 bits per heavy atom. The van der Waals surface area contributed by atoms with E-state index in [4.69, 9.17) is 10.5 Å². The van der Waals surface area contributed by atoms with Crippen molar-refractivity contribution in [3.05, 3.63) is 29.3 Å². The van der Waals surface area contributed by atoms with Crippen LogP contribution in [0, 0.1) is 6.92 Å². The second-order valence-corrected chi connectivity index (χ2v) is 6.11. The second kappa shape index (κ2) is 6.56. The van der Waals surface area contributed by atoms with Gasteiger partial charge in [-0.05, 0) is 51.1 Å². The van der Waals surface area contributed by atoms with Crippen molar-refractivity contribution in [1.29, 1.82) is 0 Å². The molecule has 0 aliphatic carbocycles. The number of aryl methyl sites for hydroxylation is 1. The summed E-state index contributed by atoms with van der Waals surface area (Å²) in [6, 6.07) is 6.13. The molecule has 2 rings (SSSR count). The number of hydrogen-bond acceptors (Lipinski definition) is 4. The Hall–Kier alpha value is -1.43. The van der Waals surface area contributed by atoms with Gasteiger partial charge < -0.3 is 20.7 Å². The molecule has 0 unspecified atom stereocenters. The lowest BCUT2D eigenvalue weighted by Crippen LogP contribution is -2.54. The zero-order valence-corrected chi connectivity index (χ0v) is 13.1. The molecule has 1 amide bonds. The lowest BCUT2D eigenvalue weighted by atomic mass is 9.90. The van der Waals surface area contributed by atoms with Crippen molar-refractivity contribution in [3.8, 4) is 0 Å². The lowest BCUT2D eigenvalue weighted by Gasteiger charge is -2.32. The van der Waals surface area contributed by atoms with Gasteiger partial charge in [0.05, 0.1) is 0 Å². The summed E-state index contributed by atoms with van der Waals surface area (Å²) in [7, 11) is 4.05. The molecule has 0 bridgehead atoms. The monoisotopic (exact) mass is 291 g/mol. The second-order valence-electron chi connectivity index (χ2n) is 6.11. The van der Waals surface area contributed by atoms with Crippen LogP contribution in [0.1, 0.15) is 24.0 Å². The molecule has 0 spiro atoms. The van der Waals surface area contributed by atoms with Gasteiger partial charge in [0.15, 0.2) is 0 Å². The predicted molar refractivity (Wildman–Crippen MR) is 84.2 cm³/mol. The smallest absolute Gasteiger partial charge is 0.244 e. The van der Waals surface area contributed by atoms with E-state index in [-0.39, 0.29) is 5.91 Å². The molecule has 0 atom stereocenters. The van der Waals surface area contributed by atoms with Crippen LogP contribution in [0.25, 0.3) is 0 Å². The fourth-order valence-corrected chi connectivity index (χ4v) is 2.48. The molecule has 0 radical (unpaired) electrons. The fraction of sp³-hybridized carbons (Fsp3) is 0.562. The molecule has 116 valence electrons. The summed E-state index contributed by atoms with van der Waals surface area (Å²) >= 11 is 0. The van der Waals surface area contributed by atoms with Crippen LogP contribution in [0.4, 0.5) is 5.69 Å². The fourth-order valence-electron chi connectivity index (χ4n) is 2.48. The third-order valence-electron chi connectivity index (χ3n) is 3.89. The first-order valence-corrected chi connectivity index (χ1v) is 7.33. The van der Waals surface area contributed by atoms with Crippen LogP contribution in [-0.2, 0) is 16.1 Å². The minimum atomic E-state index is -0.817. The minimum absolute atomic E-state index is 0.115. The van der Waals surface area contributed by atoms with E-state index < -0.39 is 5.54 Å². The summed E-state index contributed by atoms with van der Waals surface area (Å²) in [5.74, 6) is -0.115. The highest BCUT2D eigenvalue weighted by Gasteiger charge is 2.36. The maximum absolute atomic E-state index is 12.5. The van der Waals surface area contributed by atoms with Crippen LogP contribution >= 0.6 is 0 Å². The summed E-state index contributed by atoms with van der Waals surface area (Å²) in [6.45, 7) is 3.92. The van der Waals surface area contributed by atoms with E-state index in [1.54, 1.807) is 0 Å². The average molecular weight is 291 g/mol. The largest absolute Gasteiger partial charge is 0.381 e. The maximum Gasteiger partial charge on any atom is 0.244 e. The molecule has 5 nitrogen and oxygen atoms in total. The quantitative estimate of drug-likeness (QED) is 0.882. The molecule has 1 heterocycles. The van der Waals surface area contributed by atoms with Gasteiger partial charge in [-0.25, -0.2) is 0 Å². The number of hydrogen-bond donors (Lipinski definition) is 2. The summed E-state index contributed by atoms with van der Waals surface area (Å²) in [5.41, 5.74) is 8.45. The summed E-state index contributed by atoms with van der Waals surface area (Å²) in [5, 5.41) is 3.00. The topological polar surface area (TPSA) is 67.6 Å². The van der Waals surface area contributed by atoms with Gasteiger partial charge in [0.2, 0.25) is 5.91 Å². The number of rotatable bonds is 4. The van der Waals surface area contributed by atoms with Crippen molar-refractivity contribution in [2.75, 3.05) is 32.6 Å². The van der Waals surface area contributed by atoms with Gasteiger partial charge in [-0.1, -0.05) is 12.1 Å². The number of ether oxygens (including phenoxy) is 1. The Kier molecular flexibility index (Phi) is 4.98. The molecular weight excluding hydrogens is 266 g/mol. The molecular formula is C16H25N3O2. The maximum atomic E-state index is 12.5. The van der Waals surface area contributed by atoms with E-state index in [1.165, 1.54) is 5.56 Å². The summed E-state index contributed by atoms with van der Waals surface area (Å²) in [6.07, 6.45) is 1.13. The first-order valence-electron chi connectivity index (χ1n) is 7.33. The number of amides is 1. The van der Waals surface area contributed by atoms with Crippen molar-refractivity contribution in [3.63, 3.8) is 0 Å². The number of carbonyl (C=O) groups is 1. The lowest BCUT2D eigenvalue weighted by molar-refractivity contribution is -0.124. The molecule has 1 saturated heterocycles. The third-order valence-corrected chi connectivity index (χ3v) is 3.89. The van der Waals surface area contributed by atoms with Gasteiger partial charge in [-0.2, -0.15) is 0 Å². The number of carbonyl (C=O) groups excluding carboxylic acids is 1. The Balaban J connectivity index is 2.12. The Morgan fingerprint density at radius 3 is 2.67 bits per heavy atom. The molecule has 5 heteroatoms. The number of nitrogens with one attached hydrogen (secondary N) is 1. The van der Waals surface area contributed by atoms with Gasteiger partial charge in [-0.15, -0.1) is 0 Å². The number of nitrogens with two attached hydrogens (primary N) is 1. The highest BCUT2D eigenvalue weighted by Crippen LogP contribution is 2.23. The Bertz CT molecular complexity index is 508. The van der Waals surface area contributed by atoms with Gasteiger partial charge in [0.1, 0.15) is 5.54 Å². The number of nitrogens with zero attached hydrogens (tertiary/aromatic N) is 1. The SMILES string of the molecule is Cc1ccc(CN(C)C)cc1NC(=O)C1(N)CCOCC1. The van der Waals surface area contributed by atoms with Crippen LogP contribution in [0.2, 0.25) is 0 Å². The van der Waals surface area contributed by atoms with E-state index >= 15 is 0 Å². The predicted octanol–water partition coefficient (Wildman–Crippen LogP) is 1.50. The normalized spacial score (nSPS) is 17.8. The van der Waals surface area contributed by atoms with Crippen molar-refractivity contribution in [1.82, 2.24) is 4.90 Å². The Morgan fingerprint density at radius 1 is 1.38 bits per heavy atom. The Labute approximate surface area is 126 Å². The van der Waals surface area contributed by atoms with Crippen LogP contribution in [0.15, 0.2) is 18.2 Å². The summed E-state index contributed by atoms with van der Waals surface area (Å²) < 4.78 is 5.29. The molecule has 1 aromatic carbocycles. The zero-order valence-electron chi connectivity index (χ0n) is 13.1. The van der Waals surface area contributed by atoms with Crippen LogP contribution in [0.5, 0.6) is 0 Å². The van der Waals surface area contributed by atoms with Gasteiger partial charge in [0, 0.05) is 25.4 Å². The molecule has 0 saturated carbocycles. The van der Waals surface area contributed by atoms with Gasteiger partial charge in [0.25, 0.3) is 0 Å². The molecule has 21 heavy (non-hydrogen) atoms. The van der Waals surface area contributed by atoms with E-state index in [2.05, 4.69) is 16.3 Å². The minimum Gasteiger partial charge on any atom is -0.381 e. The van der Waals surface area contributed by atoms with E-state index in [9.17, 15) is 4.79 Å². The molecule has 1 aromatic rings. The first-order chi connectivity index (χ1) is 9.90. The average Bonchev–Trinajstić information content (AvgIpc) is 2.42. The van der Waals surface area contributed by atoms with E-state index in [0.29, 0.717) is 26.1 Å². The number of anilines is 1. The van der Waals surface area contributed by atoms with Crippen molar-refractivity contribution >= 4 is 11.6 Å². The first kappa shape index (κ1) is 15.9. The molecule has 1 aliphatic heterocycles. The number of benzene rings is 1. The highest BCUT2D eigenvalue weighted by atomic mass is 16.5. The van der Waals surface area contributed by atoms with Crippen molar-refractivity contribution in [2.45, 2.75) is 31.8 Å². The highest BCUT2D eigenvalue weighted by molar-refractivity contribution is 5.98. The molecule has 1 aliphatic rings. The zero-order chi connectivity index (χ0) is 15.5. The van der Waals surface area contributed by atoms with Crippen molar-refractivity contribution < 1.29 is 9.53 Å².